The smallest absolute Gasteiger partial charge is 0.0468 e. The number of fused-ring (bicyclic) bond motifs is 5. The summed E-state index contributed by atoms with van der Waals surface area (Å²) in [7, 11) is 0. The van der Waals surface area contributed by atoms with Crippen LogP contribution in [0.25, 0.3) is 55.3 Å². The van der Waals surface area contributed by atoms with Gasteiger partial charge in [0.05, 0.1) is 0 Å². The highest BCUT2D eigenvalue weighted by atomic mass is 15.1. The third-order valence-corrected chi connectivity index (χ3v) is 10.4. The Morgan fingerprint density at radius 3 is 1.62 bits per heavy atom. The van der Waals surface area contributed by atoms with E-state index < -0.39 is 0 Å². The highest BCUT2D eigenvalue weighted by Gasteiger charge is 2.39. The molecule has 0 saturated carbocycles. The van der Waals surface area contributed by atoms with Crippen LogP contribution in [-0.4, -0.2) is 0 Å². The number of hydrogen-bond donors (Lipinski definition) is 0. The lowest BCUT2D eigenvalue weighted by atomic mass is 9.79. The first-order chi connectivity index (χ1) is 24.6. The number of rotatable bonds is 6. The first-order valence-electron chi connectivity index (χ1n) is 17.4. The summed E-state index contributed by atoms with van der Waals surface area (Å²) in [6.45, 7) is 4.78. The first kappa shape index (κ1) is 29.9. The zero-order valence-corrected chi connectivity index (χ0v) is 28.3. The van der Waals surface area contributed by atoms with E-state index in [1.54, 1.807) is 0 Å². The summed E-state index contributed by atoms with van der Waals surface area (Å²) in [5, 5.41) is 2.61. The van der Waals surface area contributed by atoms with Gasteiger partial charge in [0.15, 0.2) is 0 Å². The van der Waals surface area contributed by atoms with Crippen molar-refractivity contribution in [2.24, 2.45) is 0 Å². The van der Waals surface area contributed by atoms with E-state index in [0.717, 1.165) is 17.1 Å². The molecule has 1 aliphatic carbocycles. The van der Waals surface area contributed by atoms with Gasteiger partial charge in [0.2, 0.25) is 0 Å². The van der Waals surface area contributed by atoms with Gasteiger partial charge in [-0.25, -0.2) is 0 Å². The Morgan fingerprint density at radius 1 is 0.380 bits per heavy atom. The van der Waals surface area contributed by atoms with Gasteiger partial charge in [0.25, 0.3) is 0 Å². The standard InChI is InChI=1S/C49H37N/c1-49(2)46-30-29-42(33-45(46)47-44(37-19-10-5-11-20-37)32-39-21-12-13-24-43(39)48(47)49)50(40-27-25-36(26-28-40)34-15-6-3-7-16-34)41-23-14-22-38(31-41)35-17-8-4-9-18-35/h3-33H,1-2H3. The molecule has 8 aromatic carbocycles. The highest BCUT2D eigenvalue weighted by Crippen LogP contribution is 2.56. The molecule has 0 unspecified atom stereocenters. The van der Waals surface area contributed by atoms with Crippen molar-refractivity contribution in [2.45, 2.75) is 19.3 Å². The molecule has 0 spiro atoms. The van der Waals surface area contributed by atoms with E-state index in [2.05, 4.69) is 207 Å². The van der Waals surface area contributed by atoms with Gasteiger partial charge in [0, 0.05) is 22.5 Å². The highest BCUT2D eigenvalue weighted by molar-refractivity contribution is 6.05. The third kappa shape index (κ3) is 5.02. The second-order valence-electron chi connectivity index (χ2n) is 13.8. The van der Waals surface area contributed by atoms with E-state index in [0.29, 0.717) is 0 Å². The van der Waals surface area contributed by atoms with Crippen LogP contribution in [0.1, 0.15) is 25.0 Å². The maximum Gasteiger partial charge on any atom is 0.0468 e. The van der Waals surface area contributed by atoms with Crippen LogP contribution in [-0.2, 0) is 5.41 Å². The zero-order valence-electron chi connectivity index (χ0n) is 28.3. The number of nitrogens with zero attached hydrogens (tertiary/aromatic N) is 1. The molecule has 8 aromatic rings. The normalized spacial score (nSPS) is 12.8. The molecule has 0 aliphatic heterocycles. The van der Waals surface area contributed by atoms with Crippen molar-refractivity contribution in [1.29, 1.82) is 0 Å². The van der Waals surface area contributed by atoms with E-state index in [-0.39, 0.29) is 5.41 Å². The fraction of sp³-hybridized carbons (Fsp3) is 0.0612. The second kappa shape index (κ2) is 12.1. The number of benzene rings is 8. The van der Waals surface area contributed by atoms with E-state index in [1.807, 2.05) is 0 Å². The summed E-state index contributed by atoms with van der Waals surface area (Å²) < 4.78 is 0. The van der Waals surface area contributed by atoms with Crippen molar-refractivity contribution in [3.8, 4) is 44.5 Å². The van der Waals surface area contributed by atoms with Gasteiger partial charge in [-0.3, -0.25) is 0 Å². The monoisotopic (exact) mass is 639 g/mol. The summed E-state index contributed by atoms with van der Waals surface area (Å²) in [4.78, 5) is 2.41. The maximum absolute atomic E-state index is 2.43. The van der Waals surface area contributed by atoms with E-state index in [1.165, 1.54) is 66.4 Å². The molecular formula is C49H37N. The van der Waals surface area contributed by atoms with Gasteiger partial charge in [-0.05, 0) is 109 Å². The lowest BCUT2D eigenvalue weighted by Gasteiger charge is -2.28. The predicted molar refractivity (Wildman–Crippen MR) is 213 cm³/mol. The molecule has 0 bridgehead atoms. The first-order valence-corrected chi connectivity index (χ1v) is 17.4. The Balaban J connectivity index is 1.26. The molecule has 0 fully saturated rings. The minimum Gasteiger partial charge on any atom is -0.310 e. The van der Waals surface area contributed by atoms with E-state index in [9.17, 15) is 0 Å². The fourth-order valence-electron chi connectivity index (χ4n) is 8.02. The molecule has 0 heterocycles. The molecule has 50 heavy (non-hydrogen) atoms. The average molecular weight is 640 g/mol. The Hall–Kier alpha value is -6.18. The minimum atomic E-state index is -0.164. The van der Waals surface area contributed by atoms with Gasteiger partial charge >= 0.3 is 0 Å². The van der Waals surface area contributed by atoms with Crippen LogP contribution in [0.15, 0.2) is 188 Å². The molecule has 0 N–H and O–H groups in total. The lowest BCUT2D eigenvalue weighted by molar-refractivity contribution is 0.666. The summed E-state index contributed by atoms with van der Waals surface area (Å²) in [5.41, 5.74) is 16.0. The minimum absolute atomic E-state index is 0.164. The average Bonchev–Trinajstić information content (AvgIpc) is 3.42. The molecule has 238 valence electrons. The Kier molecular flexibility index (Phi) is 7.21. The van der Waals surface area contributed by atoms with Crippen molar-refractivity contribution >= 4 is 27.8 Å². The largest absolute Gasteiger partial charge is 0.310 e. The van der Waals surface area contributed by atoms with Gasteiger partial charge in [-0.15, -0.1) is 0 Å². The molecule has 0 radical (unpaired) electrons. The molecule has 1 heteroatoms. The van der Waals surface area contributed by atoms with Crippen molar-refractivity contribution in [3.05, 3.63) is 199 Å². The van der Waals surface area contributed by atoms with Crippen LogP contribution in [0, 0.1) is 0 Å². The van der Waals surface area contributed by atoms with Crippen molar-refractivity contribution in [2.75, 3.05) is 4.90 Å². The number of anilines is 3. The van der Waals surface area contributed by atoms with Crippen molar-refractivity contribution in [1.82, 2.24) is 0 Å². The second-order valence-corrected chi connectivity index (χ2v) is 13.8. The summed E-state index contributed by atoms with van der Waals surface area (Å²) in [6.07, 6.45) is 0. The number of hydrogen-bond acceptors (Lipinski definition) is 1. The van der Waals surface area contributed by atoms with Gasteiger partial charge in [-0.2, -0.15) is 0 Å². The Labute approximate surface area is 294 Å². The summed E-state index contributed by atoms with van der Waals surface area (Å²) >= 11 is 0. The lowest BCUT2D eigenvalue weighted by Crippen LogP contribution is -2.16. The molecule has 9 rings (SSSR count). The van der Waals surface area contributed by atoms with Gasteiger partial charge in [-0.1, -0.05) is 159 Å². The Morgan fingerprint density at radius 2 is 0.920 bits per heavy atom. The van der Waals surface area contributed by atoms with E-state index in [4.69, 9.17) is 0 Å². The van der Waals surface area contributed by atoms with Crippen LogP contribution in [0.4, 0.5) is 17.1 Å². The van der Waals surface area contributed by atoms with Crippen LogP contribution < -0.4 is 4.90 Å². The van der Waals surface area contributed by atoms with Crippen LogP contribution in [0.5, 0.6) is 0 Å². The van der Waals surface area contributed by atoms with Crippen LogP contribution >= 0.6 is 0 Å². The summed E-state index contributed by atoms with van der Waals surface area (Å²) in [5.74, 6) is 0. The van der Waals surface area contributed by atoms with E-state index >= 15 is 0 Å². The maximum atomic E-state index is 2.43. The third-order valence-electron chi connectivity index (χ3n) is 10.4. The van der Waals surface area contributed by atoms with Crippen molar-refractivity contribution < 1.29 is 0 Å². The van der Waals surface area contributed by atoms with Crippen LogP contribution in [0.2, 0.25) is 0 Å². The quantitative estimate of drug-likeness (QED) is 0.175. The van der Waals surface area contributed by atoms with Crippen molar-refractivity contribution in [3.63, 3.8) is 0 Å². The Bertz CT molecular complexity index is 2480. The zero-order chi connectivity index (χ0) is 33.7. The molecule has 1 aliphatic rings. The fourth-order valence-corrected chi connectivity index (χ4v) is 8.02. The molecule has 0 amide bonds. The van der Waals surface area contributed by atoms with Crippen LogP contribution in [0.3, 0.4) is 0 Å². The predicted octanol–water partition coefficient (Wildman–Crippen LogP) is 13.6. The molecule has 0 saturated heterocycles. The van der Waals surface area contributed by atoms with Gasteiger partial charge in [0.1, 0.15) is 0 Å². The topological polar surface area (TPSA) is 3.24 Å². The molecule has 0 aromatic heterocycles. The molecule has 1 nitrogen and oxygen atoms in total. The summed E-state index contributed by atoms with van der Waals surface area (Å²) in [6, 6.07) is 68.5. The SMILES string of the molecule is CC1(C)c2ccc(N(c3ccc(-c4ccccc4)cc3)c3cccc(-c4ccccc4)c3)cc2-c2c(-c3ccccc3)cc3ccccc3c21. The molecule has 0 atom stereocenters. The van der Waals surface area contributed by atoms with Gasteiger partial charge < -0.3 is 4.90 Å². The molecular weight excluding hydrogens is 603 g/mol.